The molecular formula is C17H18ClN3O3S3. The molecule has 0 atom stereocenters. The molecule has 1 aliphatic rings. The maximum Gasteiger partial charge on any atom is 0.252 e. The Labute approximate surface area is 171 Å². The van der Waals surface area contributed by atoms with E-state index in [9.17, 15) is 8.42 Å². The molecule has 0 aliphatic carbocycles. The molecule has 144 valence electrons. The molecular weight excluding hydrogens is 426 g/mol. The molecule has 1 aliphatic heterocycles. The molecule has 1 saturated heterocycles. The minimum atomic E-state index is -3.48. The number of aromatic nitrogens is 1. The number of nitrogens with zero attached hydrogens (tertiary/aromatic N) is 3. The molecule has 0 saturated carbocycles. The first-order valence-corrected chi connectivity index (χ1v) is 12.0. The standard InChI is InChI=1S/C17H18ClN3O3S3/c1-2-24-12-4-3-5-13-16(12)19-17(25-13)20-8-10-21(11-9-20)27(22,23)15-7-6-14(18)26-15/h3-7H,2,8-11H2,1H3. The van der Waals surface area contributed by atoms with E-state index in [1.165, 1.54) is 4.31 Å². The molecule has 1 aromatic carbocycles. The number of hydrogen-bond acceptors (Lipinski definition) is 7. The van der Waals surface area contributed by atoms with Crippen LogP contribution in [0.1, 0.15) is 6.92 Å². The van der Waals surface area contributed by atoms with Crippen LogP contribution >= 0.6 is 34.3 Å². The Bertz CT molecular complexity index is 1060. The van der Waals surface area contributed by atoms with Crippen molar-refractivity contribution in [3.8, 4) is 5.75 Å². The quantitative estimate of drug-likeness (QED) is 0.598. The number of halogens is 1. The number of rotatable bonds is 5. The summed E-state index contributed by atoms with van der Waals surface area (Å²) in [5.74, 6) is 0.785. The van der Waals surface area contributed by atoms with Gasteiger partial charge < -0.3 is 9.64 Å². The predicted molar refractivity (Wildman–Crippen MR) is 111 cm³/mol. The van der Waals surface area contributed by atoms with Crippen molar-refractivity contribution in [2.45, 2.75) is 11.1 Å². The van der Waals surface area contributed by atoms with Crippen LogP contribution in [0.25, 0.3) is 10.2 Å². The molecule has 27 heavy (non-hydrogen) atoms. The molecule has 10 heteroatoms. The van der Waals surface area contributed by atoms with E-state index in [-0.39, 0.29) is 0 Å². The smallest absolute Gasteiger partial charge is 0.252 e. The number of thiazole rings is 1. The minimum Gasteiger partial charge on any atom is -0.492 e. The van der Waals surface area contributed by atoms with Crippen LogP contribution in [-0.4, -0.2) is 50.5 Å². The van der Waals surface area contributed by atoms with Gasteiger partial charge in [-0.25, -0.2) is 13.4 Å². The number of hydrogen-bond donors (Lipinski definition) is 0. The van der Waals surface area contributed by atoms with Crippen LogP contribution in [0, 0.1) is 0 Å². The maximum absolute atomic E-state index is 12.7. The van der Waals surface area contributed by atoms with Crippen molar-refractivity contribution in [2.75, 3.05) is 37.7 Å². The Morgan fingerprint density at radius 2 is 1.93 bits per heavy atom. The van der Waals surface area contributed by atoms with E-state index in [0.29, 0.717) is 41.3 Å². The van der Waals surface area contributed by atoms with Gasteiger partial charge in [-0.1, -0.05) is 29.0 Å². The Morgan fingerprint density at radius 3 is 2.59 bits per heavy atom. The largest absolute Gasteiger partial charge is 0.492 e. The van der Waals surface area contributed by atoms with Crippen LogP contribution in [0.2, 0.25) is 4.34 Å². The number of benzene rings is 1. The number of anilines is 1. The highest BCUT2D eigenvalue weighted by Gasteiger charge is 2.30. The normalized spacial score (nSPS) is 16.1. The average Bonchev–Trinajstić information content (AvgIpc) is 3.29. The molecule has 0 spiro atoms. The van der Waals surface area contributed by atoms with E-state index in [0.717, 1.165) is 32.4 Å². The van der Waals surface area contributed by atoms with Crippen molar-refractivity contribution in [1.82, 2.24) is 9.29 Å². The third kappa shape index (κ3) is 3.66. The summed E-state index contributed by atoms with van der Waals surface area (Å²) in [5.41, 5.74) is 0.864. The van der Waals surface area contributed by atoms with Crippen molar-refractivity contribution in [2.24, 2.45) is 0 Å². The second kappa shape index (κ2) is 7.56. The maximum atomic E-state index is 12.7. The van der Waals surface area contributed by atoms with Crippen LogP contribution < -0.4 is 9.64 Å². The summed E-state index contributed by atoms with van der Waals surface area (Å²) in [4.78, 5) is 6.87. The lowest BCUT2D eigenvalue weighted by Gasteiger charge is -2.33. The second-order valence-electron chi connectivity index (χ2n) is 5.98. The minimum absolute atomic E-state index is 0.294. The molecule has 0 radical (unpaired) electrons. The van der Waals surface area contributed by atoms with Crippen LogP contribution in [0.3, 0.4) is 0 Å². The number of thiophene rings is 1. The van der Waals surface area contributed by atoms with Crippen molar-refractivity contribution >= 4 is 59.6 Å². The van der Waals surface area contributed by atoms with Gasteiger partial charge in [0.1, 0.15) is 15.5 Å². The Kier molecular flexibility index (Phi) is 5.30. The summed E-state index contributed by atoms with van der Waals surface area (Å²) in [6, 6.07) is 9.10. The van der Waals surface area contributed by atoms with Gasteiger partial charge in [0.05, 0.1) is 15.6 Å². The third-order valence-electron chi connectivity index (χ3n) is 4.32. The predicted octanol–water partition coefficient (Wildman–Crippen LogP) is 3.92. The highest BCUT2D eigenvalue weighted by Crippen LogP contribution is 2.35. The fourth-order valence-corrected chi connectivity index (χ4v) is 7.10. The van der Waals surface area contributed by atoms with Gasteiger partial charge in [-0.3, -0.25) is 0 Å². The summed E-state index contributed by atoms with van der Waals surface area (Å²) in [5, 5.41) is 0.897. The third-order valence-corrected chi connectivity index (χ3v) is 9.00. The number of fused-ring (bicyclic) bond motifs is 1. The van der Waals surface area contributed by atoms with Gasteiger partial charge in [0.15, 0.2) is 5.13 Å². The summed E-state index contributed by atoms with van der Waals surface area (Å²) < 4.78 is 34.5. The lowest BCUT2D eigenvalue weighted by atomic mass is 10.3. The van der Waals surface area contributed by atoms with E-state index >= 15 is 0 Å². The molecule has 3 heterocycles. The average molecular weight is 444 g/mol. The number of para-hydroxylation sites is 1. The molecule has 1 fully saturated rings. The number of ether oxygens (including phenoxy) is 1. The van der Waals surface area contributed by atoms with Crippen LogP contribution in [-0.2, 0) is 10.0 Å². The van der Waals surface area contributed by atoms with E-state index in [1.807, 2.05) is 25.1 Å². The van der Waals surface area contributed by atoms with Gasteiger partial charge in [0.2, 0.25) is 0 Å². The van der Waals surface area contributed by atoms with Crippen molar-refractivity contribution in [3.63, 3.8) is 0 Å². The Morgan fingerprint density at radius 1 is 1.15 bits per heavy atom. The second-order valence-corrected chi connectivity index (χ2v) is 10.9. The van der Waals surface area contributed by atoms with Crippen LogP contribution in [0.5, 0.6) is 5.75 Å². The first-order valence-electron chi connectivity index (χ1n) is 8.52. The van der Waals surface area contributed by atoms with Gasteiger partial charge in [-0.05, 0) is 31.2 Å². The van der Waals surface area contributed by atoms with Crippen LogP contribution in [0.15, 0.2) is 34.5 Å². The van der Waals surface area contributed by atoms with E-state index in [1.54, 1.807) is 23.5 Å². The summed E-state index contributed by atoms with van der Waals surface area (Å²) in [7, 11) is -3.48. The fraction of sp³-hybridized carbons (Fsp3) is 0.353. The fourth-order valence-electron chi connectivity index (χ4n) is 3.00. The molecule has 0 bridgehead atoms. The summed E-state index contributed by atoms with van der Waals surface area (Å²) >= 11 is 8.59. The first-order chi connectivity index (χ1) is 13.0. The molecule has 2 aromatic heterocycles. The Hall–Kier alpha value is -1.39. The Balaban J connectivity index is 1.51. The summed E-state index contributed by atoms with van der Waals surface area (Å²) in [6.45, 7) is 4.59. The zero-order valence-corrected chi connectivity index (χ0v) is 17.8. The molecule has 0 N–H and O–H groups in total. The molecule has 4 rings (SSSR count). The van der Waals surface area contributed by atoms with E-state index in [4.69, 9.17) is 21.3 Å². The zero-order chi connectivity index (χ0) is 19.0. The first kappa shape index (κ1) is 18.9. The van der Waals surface area contributed by atoms with Gasteiger partial charge in [-0.2, -0.15) is 4.31 Å². The highest BCUT2D eigenvalue weighted by molar-refractivity contribution is 7.91. The van der Waals surface area contributed by atoms with E-state index < -0.39 is 10.0 Å². The zero-order valence-electron chi connectivity index (χ0n) is 14.6. The SMILES string of the molecule is CCOc1cccc2sc(N3CCN(S(=O)(=O)c4ccc(Cl)s4)CC3)nc12. The lowest BCUT2D eigenvalue weighted by Crippen LogP contribution is -2.48. The molecule has 0 unspecified atom stereocenters. The van der Waals surface area contributed by atoms with Gasteiger partial charge in [-0.15, -0.1) is 11.3 Å². The van der Waals surface area contributed by atoms with Gasteiger partial charge in [0, 0.05) is 26.2 Å². The van der Waals surface area contributed by atoms with Crippen molar-refractivity contribution < 1.29 is 13.2 Å². The van der Waals surface area contributed by atoms with Crippen molar-refractivity contribution in [1.29, 1.82) is 0 Å². The van der Waals surface area contributed by atoms with Crippen molar-refractivity contribution in [3.05, 3.63) is 34.7 Å². The number of sulfonamides is 1. The molecule has 3 aromatic rings. The van der Waals surface area contributed by atoms with Gasteiger partial charge >= 0.3 is 0 Å². The van der Waals surface area contributed by atoms with E-state index in [2.05, 4.69) is 4.90 Å². The summed E-state index contributed by atoms with van der Waals surface area (Å²) in [6.07, 6.45) is 0. The van der Waals surface area contributed by atoms with Crippen LogP contribution in [0.4, 0.5) is 5.13 Å². The highest BCUT2D eigenvalue weighted by atomic mass is 35.5. The molecule has 0 amide bonds. The lowest BCUT2D eigenvalue weighted by molar-refractivity contribution is 0.343. The van der Waals surface area contributed by atoms with Gasteiger partial charge in [0.25, 0.3) is 10.0 Å². The molecule has 6 nitrogen and oxygen atoms in total. The topological polar surface area (TPSA) is 62.7 Å². The number of piperazine rings is 1. The monoisotopic (exact) mass is 443 g/mol.